The van der Waals surface area contributed by atoms with E-state index in [1.54, 1.807) is 33.6 Å². The molecule has 0 radical (unpaired) electrons. The third-order valence-corrected chi connectivity index (χ3v) is 8.83. The topological polar surface area (TPSA) is 102 Å². The van der Waals surface area contributed by atoms with Crippen LogP contribution in [0.4, 0.5) is 0 Å². The lowest BCUT2D eigenvalue weighted by Gasteiger charge is -2.47. The highest BCUT2D eigenvalue weighted by atomic mass is 16.5. The molecule has 160 valence electrons. The highest BCUT2D eigenvalue weighted by Crippen LogP contribution is 3.02. The van der Waals surface area contributed by atoms with Crippen molar-refractivity contribution in [1.29, 1.82) is 0 Å². The molecule has 1 aromatic heterocycles. The van der Waals surface area contributed by atoms with Crippen molar-refractivity contribution in [2.24, 2.45) is 34.5 Å². The van der Waals surface area contributed by atoms with Crippen molar-refractivity contribution >= 4 is 11.9 Å². The molecule has 31 heavy (non-hydrogen) atoms. The van der Waals surface area contributed by atoms with Crippen LogP contribution in [0, 0.1) is 34.5 Å². The van der Waals surface area contributed by atoms with Crippen LogP contribution in [0.1, 0.15) is 25.9 Å². The number of hydrogen-bond acceptors (Lipinski definition) is 6. The van der Waals surface area contributed by atoms with Crippen molar-refractivity contribution in [2.45, 2.75) is 25.9 Å². The number of para-hydroxylation sites is 1. The summed E-state index contributed by atoms with van der Waals surface area (Å²) in [5.74, 6) is 0.461. The van der Waals surface area contributed by atoms with Crippen LogP contribution in [0.3, 0.4) is 0 Å². The zero-order valence-electron chi connectivity index (χ0n) is 17.1. The first-order valence-electron chi connectivity index (χ1n) is 10.7. The lowest BCUT2D eigenvalue weighted by molar-refractivity contribution is -0.153. The Hall–Kier alpha value is -3.10. The van der Waals surface area contributed by atoms with Crippen LogP contribution < -0.4 is 11.4 Å². The predicted molar refractivity (Wildman–Crippen MR) is 104 cm³/mol. The fourth-order valence-corrected chi connectivity index (χ4v) is 8.25. The smallest absolute Gasteiger partial charge is 0.352 e. The largest absolute Gasteiger partial charge is 0.465 e. The Kier molecular flexibility index (Phi) is 2.85. The van der Waals surface area contributed by atoms with Crippen molar-refractivity contribution in [3.8, 4) is 5.69 Å². The molecule has 1 aromatic carbocycles. The van der Waals surface area contributed by atoms with Gasteiger partial charge in [0.2, 0.25) is 0 Å². The van der Waals surface area contributed by atoms with Crippen LogP contribution in [0.2, 0.25) is 0 Å². The maximum Gasteiger partial charge on any atom is 0.352 e. The normalized spacial score (nSPS) is 41.0. The molecule has 0 spiro atoms. The van der Waals surface area contributed by atoms with Crippen LogP contribution in [0.25, 0.3) is 5.69 Å². The molecule has 4 saturated carbocycles. The van der Waals surface area contributed by atoms with Gasteiger partial charge in [0.25, 0.3) is 0 Å². The summed E-state index contributed by atoms with van der Waals surface area (Å²) in [6.07, 6.45) is 0. The lowest BCUT2D eigenvalue weighted by atomic mass is 9.72. The van der Waals surface area contributed by atoms with Crippen LogP contribution in [-0.4, -0.2) is 39.1 Å². The number of benzene rings is 1. The van der Waals surface area contributed by atoms with Gasteiger partial charge in [-0.1, -0.05) is 18.2 Å². The van der Waals surface area contributed by atoms with Crippen molar-refractivity contribution in [3.05, 3.63) is 51.3 Å². The average Bonchev–Trinajstić information content (AvgIpc) is 3.49. The Balaban J connectivity index is 1.44. The van der Waals surface area contributed by atoms with Gasteiger partial charge in [-0.05, 0) is 35.8 Å². The minimum absolute atomic E-state index is 0.187. The van der Waals surface area contributed by atoms with Crippen molar-refractivity contribution < 1.29 is 19.1 Å². The second-order valence-electron chi connectivity index (χ2n) is 9.67. The predicted octanol–water partition coefficient (Wildman–Crippen LogP) is 0.515. The van der Waals surface area contributed by atoms with E-state index in [-0.39, 0.29) is 54.5 Å². The molecule has 2 unspecified atom stereocenters. The van der Waals surface area contributed by atoms with Crippen molar-refractivity contribution in [1.82, 2.24) is 13.9 Å². The van der Waals surface area contributed by atoms with E-state index in [0.717, 1.165) is 0 Å². The number of carbonyl (C=O) groups excluding carboxylic acids is 2. The summed E-state index contributed by atoms with van der Waals surface area (Å²) in [5, 5.41) is 0. The Bertz CT molecular complexity index is 1230. The average molecular weight is 423 g/mol. The SMILES string of the molecule is CC(=O)OC[C@@]12C3C4[C@@H]5[C@H]4[C@H](n4c(=O)n(-c6ccccc6)c(=O)n4[C@@H]51)[C@@]32COC(C)=O. The summed E-state index contributed by atoms with van der Waals surface area (Å²) in [5.41, 5.74) is -1.09. The molecule has 8 atom stereocenters. The fraction of sp³-hybridized carbons (Fsp3) is 0.545. The molecule has 8 rings (SSSR count). The number of rotatable bonds is 5. The summed E-state index contributed by atoms with van der Waals surface area (Å²) in [7, 11) is 0. The molecule has 0 amide bonds. The van der Waals surface area contributed by atoms with E-state index in [1.807, 2.05) is 6.07 Å². The summed E-state index contributed by atoms with van der Waals surface area (Å²) >= 11 is 0. The molecular weight excluding hydrogens is 402 g/mol. The molecule has 3 heterocycles. The number of aromatic nitrogens is 3. The Morgan fingerprint density at radius 1 is 0.839 bits per heavy atom. The molecule has 6 aliphatic rings. The fourth-order valence-electron chi connectivity index (χ4n) is 8.25. The van der Waals surface area contributed by atoms with Gasteiger partial charge >= 0.3 is 23.3 Å². The monoisotopic (exact) mass is 423 g/mol. The number of carbonyl (C=O) groups is 2. The Morgan fingerprint density at radius 2 is 1.32 bits per heavy atom. The number of ether oxygens (including phenoxy) is 2. The minimum Gasteiger partial charge on any atom is -0.465 e. The van der Waals surface area contributed by atoms with Gasteiger partial charge in [-0.2, -0.15) is 0 Å². The Morgan fingerprint density at radius 3 is 1.77 bits per heavy atom. The van der Waals surface area contributed by atoms with Crippen LogP contribution in [0.5, 0.6) is 0 Å². The van der Waals surface area contributed by atoms with Gasteiger partial charge in [-0.25, -0.2) is 23.5 Å². The van der Waals surface area contributed by atoms with Crippen molar-refractivity contribution in [3.63, 3.8) is 0 Å². The highest BCUT2D eigenvalue weighted by Gasteiger charge is 3.04. The first-order valence-corrected chi connectivity index (χ1v) is 10.7. The van der Waals surface area contributed by atoms with Gasteiger partial charge in [0, 0.05) is 24.7 Å². The third-order valence-electron chi connectivity index (χ3n) is 8.83. The summed E-state index contributed by atoms with van der Waals surface area (Å²) < 4.78 is 15.5. The molecule has 9 heteroatoms. The van der Waals surface area contributed by atoms with Gasteiger partial charge in [0.05, 0.1) is 17.8 Å². The third kappa shape index (κ3) is 1.61. The molecule has 4 aliphatic carbocycles. The van der Waals surface area contributed by atoms with Crippen LogP contribution in [0.15, 0.2) is 39.9 Å². The van der Waals surface area contributed by atoms with Gasteiger partial charge < -0.3 is 9.47 Å². The number of esters is 2. The van der Waals surface area contributed by atoms with Gasteiger partial charge in [0.1, 0.15) is 13.2 Å². The maximum absolute atomic E-state index is 13.5. The molecule has 2 aliphatic heterocycles. The number of nitrogens with zero attached hydrogens (tertiary/aromatic N) is 3. The molecule has 4 fully saturated rings. The summed E-state index contributed by atoms with van der Waals surface area (Å²) in [6.45, 7) is 3.12. The van der Waals surface area contributed by atoms with E-state index in [9.17, 15) is 19.2 Å². The second-order valence-corrected chi connectivity index (χ2v) is 9.67. The molecular formula is C22H21N3O6. The Labute approximate surface area is 176 Å². The summed E-state index contributed by atoms with van der Waals surface area (Å²) in [6, 6.07) is 8.46. The maximum atomic E-state index is 13.5. The van der Waals surface area contributed by atoms with Crippen LogP contribution in [-0.2, 0) is 19.1 Å². The first kappa shape index (κ1) is 17.6. The van der Waals surface area contributed by atoms with E-state index < -0.39 is 10.8 Å². The number of hydrogen-bond donors (Lipinski definition) is 0. The highest BCUT2D eigenvalue weighted by molar-refractivity contribution is 5.67. The van der Waals surface area contributed by atoms with Crippen molar-refractivity contribution in [2.75, 3.05) is 13.2 Å². The van der Waals surface area contributed by atoms with E-state index in [1.165, 1.54) is 18.4 Å². The quantitative estimate of drug-likeness (QED) is 0.650. The zero-order valence-corrected chi connectivity index (χ0v) is 17.1. The van der Waals surface area contributed by atoms with Gasteiger partial charge in [-0.15, -0.1) is 0 Å². The van der Waals surface area contributed by atoms with Gasteiger partial charge in [0.15, 0.2) is 0 Å². The minimum atomic E-state index is -0.456. The summed E-state index contributed by atoms with van der Waals surface area (Å²) in [4.78, 5) is 50.4. The second kappa shape index (κ2) is 5.03. The molecule has 0 saturated heterocycles. The zero-order chi connectivity index (χ0) is 21.4. The van der Waals surface area contributed by atoms with E-state index in [2.05, 4.69) is 0 Å². The molecule has 2 aromatic rings. The van der Waals surface area contributed by atoms with Gasteiger partial charge in [-0.3, -0.25) is 9.59 Å². The first-order chi connectivity index (χ1) is 14.9. The molecule has 9 nitrogen and oxygen atoms in total. The van der Waals surface area contributed by atoms with Crippen LogP contribution >= 0.6 is 0 Å². The molecule has 0 N–H and O–H groups in total. The van der Waals surface area contributed by atoms with E-state index in [0.29, 0.717) is 23.4 Å². The van der Waals surface area contributed by atoms with E-state index >= 15 is 0 Å². The molecule has 2 bridgehead atoms. The lowest BCUT2D eigenvalue weighted by Crippen LogP contribution is -2.55. The van der Waals surface area contributed by atoms with E-state index in [4.69, 9.17) is 9.47 Å². The standard InChI is InChI=1S/C22H21N3O6/c1-10(26)30-8-21-16-13-14-15(13)18(22(16,21)9-31-11(2)27)25-20(29)23(12-6-4-3-5-7-12)19(28)24(25)17(14)21/h3-7,13-18H,8-9H2,1-2H3/t13?,14-,15+,16?,17-,18-,21+,22+/m0/s1.